The molecule has 4 rings (SSSR count). The molecule has 28 heavy (non-hydrogen) atoms. The zero-order valence-corrected chi connectivity index (χ0v) is 16.4. The lowest BCUT2D eigenvalue weighted by Gasteiger charge is -2.30. The summed E-state index contributed by atoms with van der Waals surface area (Å²) in [5.74, 6) is 0.739. The van der Waals surface area contributed by atoms with Gasteiger partial charge in [-0.2, -0.15) is 0 Å². The molecule has 3 fully saturated rings. The van der Waals surface area contributed by atoms with Crippen molar-refractivity contribution in [3.05, 3.63) is 24.5 Å². The Labute approximate surface area is 166 Å². The second kappa shape index (κ2) is 8.80. The van der Waals surface area contributed by atoms with E-state index in [0.717, 1.165) is 51.6 Å². The summed E-state index contributed by atoms with van der Waals surface area (Å²) in [5, 5.41) is 3.17. The normalized spacial score (nSPS) is 25.7. The van der Waals surface area contributed by atoms with Crippen molar-refractivity contribution in [3.63, 3.8) is 0 Å². The number of rotatable bonds is 4. The van der Waals surface area contributed by atoms with Gasteiger partial charge in [-0.3, -0.25) is 9.78 Å². The van der Waals surface area contributed by atoms with Gasteiger partial charge < -0.3 is 19.9 Å². The molecule has 0 spiro atoms. The number of carbonyl (C=O) groups excluding carboxylic acids is 2. The minimum atomic E-state index is -0.441. The van der Waals surface area contributed by atoms with Crippen LogP contribution in [0.5, 0.6) is 5.75 Å². The third kappa shape index (κ3) is 4.39. The molecule has 1 N–H and O–H groups in total. The van der Waals surface area contributed by atoms with Crippen LogP contribution in [0.1, 0.15) is 51.4 Å². The molecule has 0 aromatic carbocycles. The van der Waals surface area contributed by atoms with Gasteiger partial charge in [-0.15, -0.1) is 0 Å². The average molecular weight is 386 g/mol. The van der Waals surface area contributed by atoms with E-state index in [1.165, 1.54) is 6.42 Å². The zero-order chi connectivity index (χ0) is 19.3. The molecular weight excluding hydrogens is 356 g/mol. The summed E-state index contributed by atoms with van der Waals surface area (Å²) in [6.07, 6.45) is 11.4. The van der Waals surface area contributed by atoms with Gasteiger partial charge in [0.25, 0.3) is 0 Å². The molecule has 7 nitrogen and oxygen atoms in total. The minimum absolute atomic E-state index is 0.0635. The molecule has 1 aliphatic carbocycles. The van der Waals surface area contributed by atoms with Crippen molar-refractivity contribution in [2.45, 2.75) is 69.6 Å². The van der Waals surface area contributed by atoms with Gasteiger partial charge in [0, 0.05) is 31.7 Å². The van der Waals surface area contributed by atoms with Crippen molar-refractivity contribution in [2.24, 2.45) is 0 Å². The molecule has 1 aromatic heterocycles. The number of hydrogen-bond acceptors (Lipinski definition) is 4. The van der Waals surface area contributed by atoms with E-state index in [9.17, 15) is 9.59 Å². The van der Waals surface area contributed by atoms with Gasteiger partial charge >= 0.3 is 6.03 Å². The fraction of sp³-hybridized carbons (Fsp3) is 0.667. The maximum absolute atomic E-state index is 13.1. The van der Waals surface area contributed by atoms with Crippen LogP contribution in [0, 0.1) is 0 Å². The van der Waals surface area contributed by atoms with E-state index < -0.39 is 6.04 Å². The molecule has 3 heterocycles. The van der Waals surface area contributed by atoms with Crippen molar-refractivity contribution in [1.82, 2.24) is 20.1 Å². The molecular formula is C21H30N4O3. The van der Waals surface area contributed by atoms with Crippen molar-refractivity contribution in [3.8, 4) is 5.75 Å². The van der Waals surface area contributed by atoms with Crippen LogP contribution in [0.2, 0.25) is 0 Å². The van der Waals surface area contributed by atoms with Crippen LogP contribution >= 0.6 is 0 Å². The van der Waals surface area contributed by atoms with Gasteiger partial charge in [0.2, 0.25) is 5.91 Å². The number of likely N-dealkylation sites (tertiary alicyclic amines) is 2. The quantitative estimate of drug-likeness (QED) is 0.863. The van der Waals surface area contributed by atoms with Crippen LogP contribution in [0.3, 0.4) is 0 Å². The number of hydrogen-bond donors (Lipinski definition) is 1. The summed E-state index contributed by atoms with van der Waals surface area (Å²) in [6.45, 7) is 2.01. The number of nitrogens with one attached hydrogen (secondary N) is 1. The largest absolute Gasteiger partial charge is 0.487 e. The molecule has 1 aromatic rings. The number of urea groups is 1. The van der Waals surface area contributed by atoms with E-state index in [4.69, 9.17) is 4.74 Å². The van der Waals surface area contributed by atoms with E-state index in [0.29, 0.717) is 18.7 Å². The highest BCUT2D eigenvalue weighted by molar-refractivity contribution is 5.88. The summed E-state index contributed by atoms with van der Waals surface area (Å²) in [4.78, 5) is 33.8. The first-order valence-corrected chi connectivity index (χ1v) is 10.6. The summed E-state index contributed by atoms with van der Waals surface area (Å²) < 4.78 is 6.03. The Morgan fingerprint density at radius 1 is 1.11 bits per heavy atom. The van der Waals surface area contributed by atoms with Crippen LogP contribution in [-0.2, 0) is 4.79 Å². The minimum Gasteiger partial charge on any atom is -0.487 e. The van der Waals surface area contributed by atoms with Gasteiger partial charge in [0.15, 0.2) is 0 Å². The topological polar surface area (TPSA) is 74.8 Å². The second-order valence-electron chi connectivity index (χ2n) is 8.15. The molecule has 0 bridgehead atoms. The lowest BCUT2D eigenvalue weighted by Crippen LogP contribution is -2.52. The van der Waals surface area contributed by atoms with Crippen molar-refractivity contribution in [2.75, 3.05) is 19.6 Å². The Bertz CT molecular complexity index is 671. The number of aromatic nitrogens is 1. The molecule has 152 valence electrons. The number of ether oxygens (including phenoxy) is 1. The standard InChI is InChI=1S/C21H30N4O3/c26-20(24-11-4-5-12-24)19-13-18(28-17-9-6-10-22-14-17)15-25(19)21(27)23-16-7-2-1-3-8-16/h6,9-10,14,16,18-19H,1-5,7-8,11-13,15H2,(H,23,27)/t18-,19-/m0/s1. The molecule has 0 radical (unpaired) electrons. The summed E-state index contributed by atoms with van der Waals surface area (Å²) in [7, 11) is 0. The molecule has 2 aliphatic heterocycles. The SMILES string of the molecule is O=C([C@@H]1C[C@H](Oc2cccnc2)CN1C(=O)NC1CCCCC1)N1CCCC1. The molecule has 1 saturated carbocycles. The Balaban J connectivity index is 1.45. The monoisotopic (exact) mass is 386 g/mol. The second-order valence-corrected chi connectivity index (χ2v) is 8.15. The highest BCUT2D eigenvalue weighted by atomic mass is 16.5. The molecule has 7 heteroatoms. The third-order valence-corrected chi connectivity index (χ3v) is 6.10. The van der Waals surface area contributed by atoms with Crippen LogP contribution in [0.4, 0.5) is 4.79 Å². The van der Waals surface area contributed by atoms with Crippen molar-refractivity contribution < 1.29 is 14.3 Å². The number of amides is 3. The van der Waals surface area contributed by atoms with E-state index in [-0.39, 0.29) is 24.1 Å². The predicted molar refractivity (Wildman–Crippen MR) is 105 cm³/mol. The molecule has 0 unspecified atom stereocenters. The van der Waals surface area contributed by atoms with Crippen molar-refractivity contribution >= 4 is 11.9 Å². The fourth-order valence-electron chi connectivity index (χ4n) is 4.60. The average Bonchev–Trinajstić information content (AvgIpc) is 3.39. The number of pyridine rings is 1. The van der Waals surface area contributed by atoms with E-state index >= 15 is 0 Å². The number of carbonyl (C=O) groups is 2. The van der Waals surface area contributed by atoms with E-state index in [1.54, 1.807) is 17.3 Å². The first-order valence-electron chi connectivity index (χ1n) is 10.6. The van der Waals surface area contributed by atoms with Crippen LogP contribution < -0.4 is 10.1 Å². The first kappa shape index (κ1) is 19.0. The van der Waals surface area contributed by atoms with Crippen molar-refractivity contribution in [1.29, 1.82) is 0 Å². The Morgan fingerprint density at radius 2 is 1.89 bits per heavy atom. The van der Waals surface area contributed by atoms with Crippen LogP contribution in [0.15, 0.2) is 24.5 Å². The van der Waals surface area contributed by atoms with Gasteiger partial charge in [-0.1, -0.05) is 19.3 Å². The lowest BCUT2D eigenvalue weighted by molar-refractivity contribution is -0.134. The Morgan fingerprint density at radius 3 is 2.61 bits per heavy atom. The van der Waals surface area contributed by atoms with Gasteiger partial charge in [-0.25, -0.2) is 4.79 Å². The van der Waals surface area contributed by atoms with Crippen LogP contribution in [0.25, 0.3) is 0 Å². The Hall–Kier alpha value is -2.31. The van der Waals surface area contributed by atoms with Gasteiger partial charge in [-0.05, 0) is 37.8 Å². The molecule has 2 saturated heterocycles. The fourth-order valence-corrected chi connectivity index (χ4v) is 4.60. The molecule has 3 amide bonds. The van der Waals surface area contributed by atoms with E-state index in [1.807, 2.05) is 17.0 Å². The smallest absolute Gasteiger partial charge is 0.318 e. The van der Waals surface area contributed by atoms with Crippen LogP contribution in [-0.4, -0.2) is 64.5 Å². The predicted octanol–water partition coefficient (Wildman–Crippen LogP) is 2.57. The maximum Gasteiger partial charge on any atom is 0.318 e. The first-order chi connectivity index (χ1) is 13.7. The zero-order valence-electron chi connectivity index (χ0n) is 16.4. The summed E-state index contributed by atoms with van der Waals surface area (Å²) in [6, 6.07) is 3.34. The van der Waals surface area contributed by atoms with E-state index in [2.05, 4.69) is 10.3 Å². The van der Waals surface area contributed by atoms with Gasteiger partial charge in [0.05, 0.1) is 12.7 Å². The highest BCUT2D eigenvalue weighted by Crippen LogP contribution is 2.26. The summed E-state index contributed by atoms with van der Waals surface area (Å²) in [5.41, 5.74) is 0. The lowest BCUT2D eigenvalue weighted by atomic mass is 9.96. The maximum atomic E-state index is 13.1. The number of nitrogens with zero attached hydrogens (tertiary/aromatic N) is 3. The van der Waals surface area contributed by atoms with Gasteiger partial charge in [0.1, 0.15) is 17.9 Å². The summed E-state index contributed by atoms with van der Waals surface area (Å²) >= 11 is 0. The molecule has 2 atom stereocenters. The highest BCUT2D eigenvalue weighted by Gasteiger charge is 2.43. The third-order valence-electron chi connectivity index (χ3n) is 6.10. The Kier molecular flexibility index (Phi) is 5.98. The molecule has 3 aliphatic rings.